The number of ether oxygens (including phenoxy) is 2. The summed E-state index contributed by atoms with van der Waals surface area (Å²) in [4.78, 5) is 4.10. The molecule has 0 unspecified atom stereocenters. The van der Waals surface area contributed by atoms with Crippen LogP contribution in [-0.2, 0) is 10.8 Å². The number of hydrogen-bond donors (Lipinski definition) is 2. The molecule has 0 aliphatic carbocycles. The summed E-state index contributed by atoms with van der Waals surface area (Å²) in [7, 11) is 0. The van der Waals surface area contributed by atoms with Gasteiger partial charge in [0.25, 0.3) is 0 Å². The van der Waals surface area contributed by atoms with Crippen LogP contribution in [0, 0.1) is 5.41 Å². The van der Waals surface area contributed by atoms with E-state index in [4.69, 9.17) is 20.6 Å². The van der Waals surface area contributed by atoms with Crippen LogP contribution in [-0.4, -0.2) is 11.7 Å². The molecule has 1 aliphatic rings. The van der Waals surface area contributed by atoms with E-state index in [1.165, 1.54) is 11.1 Å². The molecule has 4 rings (SSSR count). The number of hydrogen-bond acceptors (Lipinski definition) is 4. The van der Waals surface area contributed by atoms with Gasteiger partial charge in [-0.1, -0.05) is 65.8 Å². The predicted molar refractivity (Wildman–Crippen MR) is 134 cm³/mol. The Morgan fingerprint density at radius 2 is 1.06 bits per heavy atom. The lowest BCUT2D eigenvalue weighted by Gasteiger charge is -2.20. The number of aliphatic imine (C=N–C) groups is 1. The van der Waals surface area contributed by atoms with E-state index in [1.807, 2.05) is 24.3 Å². The predicted octanol–water partition coefficient (Wildman–Crippen LogP) is 6.91. The lowest BCUT2D eigenvalue weighted by Crippen LogP contribution is -2.11. The van der Waals surface area contributed by atoms with Crippen LogP contribution < -0.4 is 15.2 Å². The molecule has 1 aliphatic heterocycles. The average Bonchev–Trinajstić information content (AvgIpc) is 3.00. The fraction of sp³-hybridized carbons (Fsp3) is 0.286. The Morgan fingerprint density at radius 3 is 1.45 bits per heavy atom. The molecule has 3 aromatic rings. The van der Waals surface area contributed by atoms with E-state index in [0.29, 0.717) is 40.0 Å². The van der Waals surface area contributed by atoms with Crippen molar-refractivity contribution in [1.82, 2.24) is 0 Å². The SMILES string of the molecule is CC(C)(C)c1ccc(Oc2cc3c(cc2Oc2ccc(C(C)(C)C)cc2)C(N)=NC3=N)cc1. The Balaban J connectivity index is 1.69. The van der Waals surface area contributed by atoms with Crippen molar-refractivity contribution in [3.63, 3.8) is 0 Å². The summed E-state index contributed by atoms with van der Waals surface area (Å²) in [6.45, 7) is 13.1. The van der Waals surface area contributed by atoms with Gasteiger partial charge in [0.15, 0.2) is 17.3 Å². The number of nitrogens with one attached hydrogen (secondary N) is 1. The first-order valence-corrected chi connectivity index (χ1v) is 11.1. The third-order valence-corrected chi connectivity index (χ3v) is 5.74. The number of nitrogens with two attached hydrogens (primary N) is 1. The van der Waals surface area contributed by atoms with Crippen molar-refractivity contribution in [3.8, 4) is 23.0 Å². The Kier molecular flexibility index (Phi) is 5.52. The zero-order valence-electron chi connectivity index (χ0n) is 20.1. The molecule has 0 saturated carbocycles. The van der Waals surface area contributed by atoms with Crippen molar-refractivity contribution in [2.45, 2.75) is 52.4 Å². The van der Waals surface area contributed by atoms with Gasteiger partial charge in [-0.15, -0.1) is 0 Å². The Morgan fingerprint density at radius 1 is 0.667 bits per heavy atom. The molecule has 1 heterocycles. The second-order valence-electron chi connectivity index (χ2n) is 10.4. The van der Waals surface area contributed by atoms with Crippen molar-refractivity contribution in [2.24, 2.45) is 10.7 Å². The van der Waals surface area contributed by atoms with Gasteiger partial charge in [-0.2, -0.15) is 0 Å². The molecular weight excluding hydrogens is 410 g/mol. The number of fused-ring (bicyclic) bond motifs is 1. The monoisotopic (exact) mass is 441 g/mol. The molecule has 33 heavy (non-hydrogen) atoms. The molecule has 0 spiro atoms. The molecule has 0 atom stereocenters. The number of benzene rings is 3. The zero-order chi connectivity index (χ0) is 24.0. The lowest BCUT2D eigenvalue weighted by atomic mass is 9.87. The Hall–Kier alpha value is -3.60. The highest BCUT2D eigenvalue weighted by Gasteiger charge is 2.24. The highest BCUT2D eigenvalue weighted by Crippen LogP contribution is 2.39. The minimum absolute atomic E-state index is 0.0591. The largest absolute Gasteiger partial charge is 0.453 e. The van der Waals surface area contributed by atoms with E-state index in [-0.39, 0.29) is 16.7 Å². The zero-order valence-corrected chi connectivity index (χ0v) is 20.1. The van der Waals surface area contributed by atoms with E-state index in [9.17, 15) is 0 Å². The van der Waals surface area contributed by atoms with E-state index in [2.05, 4.69) is 70.8 Å². The lowest BCUT2D eigenvalue weighted by molar-refractivity contribution is 0.418. The van der Waals surface area contributed by atoms with Gasteiger partial charge in [0.05, 0.1) is 0 Å². The van der Waals surface area contributed by atoms with Gasteiger partial charge < -0.3 is 15.2 Å². The molecule has 0 radical (unpaired) electrons. The maximum Gasteiger partial charge on any atom is 0.170 e. The molecule has 170 valence electrons. The first kappa shape index (κ1) is 22.6. The summed E-state index contributed by atoms with van der Waals surface area (Å²) in [6.07, 6.45) is 0. The van der Waals surface area contributed by atoms with Gasteiger partial charge in [-0.25, -0.2) is 4.99 Å². The summed E-state index contributed by atoms with van der Waals surface area (Å²) < 4.78 is 12.5. The fourth-order valence-corrected chi connectivity index (χ4v) is 3.67. The van der Waals surface area contributed by atoms with Crippen molar-refractivity contribution in [2.75, 3.05) is 0 Å². The standard InChI is InChI=1S/C28H31N3O2/c1-27(2,3)17-7-11-19(12-8-17)32-23-15-21-22(26(30)31-25(21)29)16-24(23)33-20-13-9-18(10-14-20)28(4,5)6/h7-16H,1-6H3,(H3,29,30,31). The summed E-state index contributed by atoms with van der Waals surface area (Å²) in [5, 5.41) is 8.14. The van der Waals surface area contributed by atoms with Gasteiger partial charge in [0.1, 0.15) is 17.3 Å². The van der Waals surface area contributed by atoms with Crippen molar-refractivity contribution in [3.05, 3.63) is 82.9 Å². The van der Waals surface area contributed by atoms with Crippen LogP contribution in [0.4, 0.5) is 0 Å². The third kappa shape index (κ3) is 4.77. The van der Waals surface area contributed by atoms with E-state index in [1.54, 1.807) is 12.1 Å². The van der Waals surface area contributed by atoms with E-state index in [0.717, 1.165) is 0 Å². The minimum Gasteiger partial charge on any atom is -0.453 e. The fourth-order valence-electron chi connectivity index (χ4n) is 3.67. The highest BCUT2D eigenvalue weighted by molar-refractivity contribution is 6.21. The molecule has 5 nitrogen and oxygen atoms in total. The summed E-state index contributed by atoms with van der Waals surface area (Å²) >= 11 is 0. The van der Waals surface area contributed by atoms with Crippen LogP contribution in [0.15, 0.2) is 65.7 Å². The van der Waals surface area contributed by atoms with Crippen molar-refractivity contribution >= 4 is 11.7 Å². The number of rotatable bonds is 4. The van der Waals surface area contributed by atoms with Crippen LogP contribution >= 0.6 is 0 Å². The molecule has 3 aromatic carbocycles. The normalized spacial score (nSPS) is 13.5. The average molecular weight is 442 g/mol. The number of nitrogens with zero attached hydrogens (tertiary/aromatic N) is 1. The topological polar surface area (TPSA) is 80.7 Å². The molecule has 0 amide bonds. The van der Waals surface area contributed by atoms with Gasteiger partial charge in [-0.3, -0.25) is 5.41 Å². The van der Waals surface area contributed by atoms with Gasteiger partial charge >= 0.3 is 0 Å². The van der Waals surface area contributed by atoms with E-state index < -0.39 is 0 Å². The van der Waals surface area contributed by atoms with Crippen LogP contribution in [0.3, 0.4) is 0 Å². The maximum absolute atomic E-state index is 8.14. The third-order valence-electron chi connectivity index (χ3n) is 5.74. The molecule has 0 bridgehead atoms. The Bertz CT molecular complexity index is 1230. The van der Waals surface area contributed by atoms with Crippen LogP contribution in [0.1, 0.15) is 63.8 Å². The van der Waals surface area contributed by atoms with E-state index >= 15 is 0 Å². The van der Waals surface area contributed by atoms with Crippen LogP contribution in [0.2, 0.25) is 0 Å². The molecule has 0 saturated heterocycles. The van der Waals surface area contributed by atoms with Crippen LogP contribution in [0.25, 0.3) is 0 Å². The molecule has 3 N–H and O–H groups in total. The minimum atomic E-state index is 0.0591. The first-order valence-electron chi connectivity index (χ1n) is 11.1. The smallest absolute Gasteiger partial charge is 0.170 e. The highest BCUT2D eigenvalue weighted by atomic mass is 16.5. The summed E-state index contributed by atoms with van der Waals surface area (Å²) in [5.74, 6) is 2.84. The second kappa shape index (κ2) is 8.07. The first-order chi connectivity index (χ1) is 15.4. The summed E-state index contributed by atoms with van der Waals surface area (Å²) in [5.41, 5.74) is 9.92. The van der Waals surface area contributed by atoms with Gasteiger partial charge in [0.2, 0.25) is 0 Å². The van der Waals surface area contributed by atoms with Crippen LogP contribution in [0.5, 0.6) is 23.0 Å². The van der Waals surface area contributed by atoms with Gasteiger partial charge in [-0.05, 0) is 58.4 Å². The maximum atomic E-state index is 8.14. The van der Waals surface area contributed by atoms with Gasteiger partial charge in [0, 0.05) is 11.1 Å². The second-order valence-corrected chi connectivity index (χ2v) is 10.4. The molecule has 0 fully saturated rings. The Labute approximate surface area is 195 Å². The van der Waals surface area contributed by atoms with Crippen molar-refractivity contribution in [1.29, 1.82) is 5.41 Å². The molecular formula is C28H31N3O2. The quantitative estimate of drug-likeness (QED) is 0.461. The molecule has 5 heteroatoms. The van der Waals surface area contributed by atoms with Crippen molar-refractivity contribution < 1.29 is 9.47 Å². The summed E-state index contributed by atoms with van der Waals surface area (Å²) in [6, 6.07) is 19.7. The number of amidine groups is 2. The molecule has 0 aromatic heterocycles.